The number of benzene rings is 3. The third kappa shape index (κ3) is 8.39. The molecule has 0 aromatic heterocycles. The van der Waals surface area contributed by atoms with Gasteiger partial charge in [0.1, 0.15) is 11.9 Å². The van der Waals surface area contributed by atoms with Crippen LogP contribution in [0.2, 0.25) is 0 Å². The summed E-state index contributed by atoms with van der Waals surface area (Å²) in [5.74, 6) is -1.03. The second-order valence-corrected chi connectivity index (χ2v) is 11.7. The van der Waals surface area contributed by atoms with E-state index in [1.807, 2.05) is 54.6 Å². The second kappa shape index (κ2) is 13.5. The summed E-state index contributed by atoms with van der Waals surface area (Å²) in [6, 6.07) is 21.4. The van der Waals surface area contributed by atoms with Gasteiger partial charge in [0.25, 0.3) is 0 Å². The van der Waals surface area contributed by atoms with Crippen molar-refractivity contribution in [3.63, 3.8) is 0 Å². The van der Waals surface area contributed by atoms with Crippen LogP contribution in [0.4, 0.5) is 10.1 Å². The largest absolute Gasteiger partial charge is 0.357 e. The lowest BCUT2D eigenvalue weighted by Gasteiger charge is -2.31. The number of nitrogens with one attached hydrogen (secondary N) is 1. The number of sulfonamides is 1. The predicted octanol–water partition coefficient (Wildman–Crippen LogP) is 4.52. The maximum atomic E-state index is 13.6. The first-order valence-electron chi connectivity index (χ1n) is 12.1. The van der Waals surface area contributed by atoms with Crippen molar-refractivity contribution < 1.29 is 22.4 Å². The van der Waals surface area contributed by atoms with Crippen LogP contribution >= 0.6 is 15.9 Å². The normalized spacial score (nSPS) is 12.0. The molecule has 0 bridgehead atoms. The van der Waals surface area contributed by atoms with E-state index in [9.17, 15) is 22.4 Å². The standard InChI is InChI=1S/C28H31BrFN3O4S/c1-31-28(35)26(19-21-7-4-3-5-8-21)32(20-22-10-12-23(29)13-11-22)27(34)9-6-18-33(38(2,36)37)25-16-14-24(30)15-17-25/h3-5,7-8,10-17,26H,6,9,18-20H2,1-2H3,(H,31,35)/t26-/m1/s1. The maximum Gasteiger partial charge on any atom is 0.242 e. The highest BCUT2D eigenvalue weighted by molar-refractivity contribution is 9.10. The number of amides is 2. The third-order valence-electron chi connectivity index (χ3n) is 6.05. The molecule has 10 heteroatoms. The highest BCUT2D eigenvalue weighted by Gasteiger charge is 2.30. The summed E-state index contributed by atoms with van der Waals surface area (Å²) < 4.78 is 40.2. The molecule has 0 spiro atoms. The van der Waals surface area contributed by atoms with E-state index >= 15 is 0 Å². The number of halogens is 2. The molecule has 3 rings (SSSR count). The zero-order valence-corrected chi connectivity index (χ0v) is 23.7. The van der Waals surface area contributed by atoms with E-state index in [2.05, 4.69) is 21.2 Å². The van der Waals surface area contributed by atoms with Gasteiger partial charge in [-0.2, -0.15) is 0 Å². The topological polar surface area (TPSA) is 86.8 Å². The Kier molecular flexibility index (Phi) is 10.4. The minimum absolute atomic E-state index is 0.0199. The summed E-state index contributed by atoms with van der Waals surface area (Å²) in [7, 11) is -2.12. The average Bonchev–Trinajstić information content (AvgIpc) is 2.89. The first-order valence-corrected chi connectivity index (χ1v) is 14.8. The molecule has 2 amide bonds. The molecule has 0 fully saturated rings. The van der Waals surface area contributed by atoms with E-state index in [1.54, 1.807) is 4.90 Å². The van der Waals surface area contributed by atoms with Gasteiger partial charge in [-0.25, -0.2) is 12.8 Å². The Labute approximate surface area is 231 Å². The summed E-state index contributed by atoms with van der Waals surface area (Å²) in [6.07, 6.45) is 1.63. The van der Waals surface area contributed by atoms with Crippen LogP contribution in [-0.2, 0) is 32.6 Å². The Morgan fingerprint density at radius 2 is 1.58 bits per heavy atom. The van der Waals surface area contributed by atoms with Crippen LogP contribution in [0.5, 0.6) is 0 Å². The van der Waals surface area contributed by atoms with Crippen LogP contribution < -0.4 is 9.62 Å². The van der Waals surface area contributed by atoms with Crippen molar-refractivity contribution in [2.24, 2.45) is 0 Å². The Morgan fingerprint density at radius 3 is 2.16 bits per heavy atom. The van der Waals surface area contributed by atoms with Crippen molar-refractivity contribution in [3.8, 4) is 0 Å². The van der Waals surface area contributed by atoms with E-state index in [0.29, 0.717) is 12.1 Å². The van der Waals surface area contributed by atoms with Gasteiger partial charge in [-0.1, -0.05) is 58.4 Å². The van der Waals surface area contributed by atoms with Crippen molar-refractivity contribution >= 4 is 43.5 Å². The molecule has 7 nitrogen and oxygen atoms in total. The van der Waals surface area contributed by atoms with Crippen LogP contribution in [0.3, 0.4) is 0 Å². The van der Waals surface area contributed by atoms with Gasteiger partial charge in [0.05, 0.1) is 11.9 Å². The highest BCUT2D eigenvalue weighted by atomic mass is 79.9. The monoisotopic (exact) mass is 603 g/mol. The number of hydrogen-bond donors (Lipinski definition) is 1. The van der Waals surface area contributed by atoms with Gasteiger partial charge in [-0.3, -0.25) is 13.9 Å². The molecule has 0 heterocycles. The molecule has 0 aliphatic heterocycles. The van der Waals surface area contributed by atoms with Gasteiger partial charge in [0, 0.05) is 37.5 Å². The molecule has 1 atom stereocenters. The van der Waals surface area contributed by atoms with Crippen molar-refractivity contribution in [1.29, 1.82) is 0 Å². The molecule has 3 aromatic carbocycles. The summed E-state index contributed by atoms with van der Waals surface area (Å²) in [5.41, 5.74) is 2.09. The second-order valence-electron chi connectivity index (χ2n) is 8.88. The smallest absolute Gasteiger partial charge is 0.242 e. The number of hydrogen-bond acceptors (Lipinski definition) is 4. The van der Waals surface area contributed by atoms with Gasteiger partial charge >= 0.3 is 0 Å². The summed E-state index contributed by atoms with van der Waals surface area (Å²) >= 11 is 3.42. The van der Waals surface area contributed by atoms with E-state index < -0.39 is 21.9 Å². The fourth-order valence-corrected chi connectivity index (χ4v) is 5.35. The van der Waals surface area contributed by atoms with Gasteiger partial charge in [-0.15, -0.1) is 0 Å². The lowest BCUT2D eigenvalue weighted by atomic mass is 10.0. The van der Waals surface area contributed by atoms with E-state index in [0.717, 1.165) is 26.2 Å². The van der Waals surface area contributed by atoms with Crippen molar-refractivity contribution in [3.05, 3.63) is 100 Å². The van der Waals surface area contributed by atoms with Gasteiger partial charge in [-0.05, 0) is 53.9 Å². The number of nitrogens with zero attached hydrogens (tertiary/aromatic N) is 2. The molecule has 0 aliphatic rings. The van der Waals surface area contributed by atoms with Gasteiger partial charge < -0.3 is 10.2 Å². The summed E-state index contributed by atoms with van der Waals surface area (Å²) in [4.78, 5) is 28.2. The van der Waals surface area contributed by atoms with Crippen LogP contribution in [0.25, 0.3) is 0 Å². The Balaban J connectivity index is 1.83. The molecule has 3 aromatic rings. The SMILES string of the molecule is CNC(=O)[C@@H](Cc1ccccc1)N(Cc1ccc(Br)cc1)C(=O)CCCN(c1ccc(F)cc1)S(C)(=O)=O. The van der Waals surface area contributed by atoms with Crippen molar-refractivity contribution in [2.75, 3.05) is 24.2 Å². The molecule has 202 valence electrons. The quantitative estimate of drug-likeness (QED) is 0.330. The highest BCUT2D eigenvalue weighted by Crippen LogP contribution is 2.21. The van der Waals surface area contributed by atoms with Crippen LogP contribution in [0.1, 0.15) is 24.0 Å². The zero-order valence-electron chi connectivity index (χ0n) is 21.3. The van der Waals surface area contributed by atoms with E-state index in [4.69, 9.17) is 0 Å². The van der Waals surface area contributed by atoms with Gasteiger partial charge in [0.2, 0.25) is 21.8 Å². The number of anilines is 1. The summed E-state index contributed by atoms with van der Waals surface area (Å²) in [5, 5.41) is 2.68. The number of carbonyl (C=O) groups is 2. The van der Waals surface area contributed by atoms with Crippen LogP contribution in [-0.4, -0.2) is 51.0 Å². The minimum Gasteiger partial charge on any atom is -0.357 e. The molecule has 0 saturated carbocycles. The van der Waals surface area contributed by atoms with Crippen molar-refractivity contribution in [2.45, 2.75) is 31.8 Å². The molecule has 0 radical (unpaired) electrons. The fraction of sp³-hybridized carbons (Fsp3) is 0.286. The molecule has 0 aliphatic carbocycles. The van der Waals surface area contributed by atoms with Crippen LogP contribution in [0, 0.1) is 5.82 Å². The Morgan fingerprint density at radius 1 is 0.947 bits per heavy atom. The van der Waals surface area contributed by atoms with Crippen molar-refractivity contribution in [1.82, 2.24) is 10.2 Å². The first-order chi connectivity index (χ1) is 18.1. The van der Waals surface area contributed by atoms with E-state index in [-0.39, 0.29) is 37.7 Å². The maximum absolute atomic E-state index is 13.6. The molecule has 38 heavy (non-hydrogen) atoms. The van der Waals surface area contributed by atoms with E-state index in [1.165, 1.54) is 31.3 Å². The Bertz CT molecular complexity index is 1320. The Hall–Kier alpha value is -3.24. The summed E-state index contributed by atoms with van der Waals surface area (Å²) in [6.45, 7) is 0.246. The molecule has 0 unspecified atom stereocenters. The lowest BCUT2D eigenvalue weighted by molar-refractivity contribution is -0.141. The van der Waals surface area contributed by atoms with Crippen LogP contribution in [0.15, 0.2) is 83.3 Å². The predicted molar refractivity (Wildman–Crippen MR) is 151 cm³/mol. The molecular weight excluding hydrogens is 573 g/mol. The molecule has 0 saturated heterocycles. The molecule has 1 N–H and O–H groups in total. The third-order valence-corrected chi connectivity index (χ3v) is 7.77. The number of rotatable bonds is 12. The zero-order chi connectivity index (χ0) is 27.7. The fourth-order valence-electron chi connectivity index (χ4n) is 4.12. The number of carbonyl (C=O) groups excluding carboxylic acids is 2. The minimum atomic E-state index is -3.66. The first kappa shape index (κ1) is 29.3. The average molecular weight is 605 g/mol. The number of likely N-dealkylation sites (N-methyl/N-ethyl adjacent to an activating group) is 1. The lowest BCUT2D eigenvalue weighted by Crippen LogP contribution is -2.49. The molecular formula is C28H31BrFN3O4S. The van der Waals surface area contributed by atoms with Gasteiger partial charge in [0.15, 0.2) is 0 Å².